The molecule has 2 fully saturated rings. The molecule has 0 unspecified atom stereocenters. The molecular weight excluding hydrogens is 530 g/mol. The third-order valence-corrected chi connectivity index (χ3v) is 7.59. The first-order valence-corrected chi connectivity index (χ1v) is 14.7. The molecular formula is C32H41N7O3. The van der Waals surface area contributed by atoms with Crippen LogP contribution >= 0.6 is 0 Å². The number of carbonyl (C=O) groups excluding carboxylic acids is 1. The van der Waals surface area contributed by atoms with Crippen molar-refractivity contribution >= 4 is 29.6 Å². The molecule has 1 aliphatic heterocycles. The molecule has 10 nitrogen and oxygen atoms in total. The van der Waals surface area contributed by atoms with E-state index in [4.69, 9.17) is 14.5 Å². The molecule has 0 bridgehead atoms. The van der Waals surface area contributed by atoms with Crippen molar-refractivity contribution in [2.24, 2.45) is 16.8 Å². The smallest absolute Gasteiger partial charge is 0.225 e. The van der Waals surface area contributed by atoms with Gasteiger partial charge in [0.2, 0.25) is 11.9 Å². The summed E-state index contributed by atoms with van der Waals surface area (Å²) in [6.45, 7) is 14.7. The Labute approximate surface area is 247 Å². The van der Waals surface area contributed by atoms with Crippen molar-refractivity contribution in [2.45, 2.75) is 33.6 Å². The second-order valence-corrected chi connectivity index (χ2v) is 11.3. The average molecular weight is 572 g/mol. The van der Waals surface area contributed by atoms with Crippen LogP contribution in [-0.2, 0) is 4.79 Å². The lowest BCUT2D eigenvalue weighted by Gasteiger charge is -2.35. The lowest BCUT2D eigenvalue weighted by molar-refractivity contribution is -0.134. The van der Waals surface area contributed by atoms with Crippen LogP contribution in [-0.4, -0.2) is 83.8 Å². The number of fused-ring (bicyclic) bond motifs is 1. The van der Waals surface area contributed by atoms with Crippen molar-refractivity contribution in [1.29, 1.82) is 0 Å². The van der Waals surface area contributed by atoms with E-state index in [0.717, 1.165) is 73.3 Å². The van der Waals surface area contributed by atoms with Gasteiger partial charge < -0.3 is 24.7 Å². The highest BCUT2D eigenvalue weighted by molar-refractivity contribution is 5.93. The van der Waals surface area contributed by atoms with Gasteiger partial charge in [-0.05, 0) is 62.2 Å². The molecule has 1 saturated carbocycles. The Morgan fingerprint density at radius 2 is 2.00 bits per heavy atom. The number of hydrogen-bond acceptors (Lipinski definition) is 8. The number of benzene rings is 1. The van der Waals surface area contributed by atoms with Crippen molar-refractivity contribution in [1.82, 2.24) is 24.8 Å². The summed E-state index contributed by atoms with van der Waals surface area (Å²) in [5, 5.41) is 3.30. The summed E-state index contributed by atoms with van der Waals surface area (Å²) in [7, 11) is 1.64. The van der Waals surface area contributed by atoms with Crippen molar-refractivity contribution in [3.05, 3.63) is 54.1 Å². The van der Waals surface area contributed by atoms with Crippen LogP contribution < -0.4 is 14.8 Å². The van der Waals surface area contributed by atoms with E-state index in [9.17, 15) is 4.79 Å². The summed E-state index contributed by atoms with van der Waals surface area (Å²) >= 11 is 0. The minimum Gasteiger partial charge on any atom is -0.494 e. The number of aromatic amines is 1. The van der Waals surface area contributed by atoms with Gasteiger partial charge in [-0.3, -0.25) is 14.7 Å². The summed E-state index contributed by atoms with van der Waals surface area (Å²) in [5.41, 5.74) is 4.44. The molecule has 3 aromatic rings. The van der Waals surface area contributed by atoms with E-state index in [1.165, 1.54) is 0 Å². The maximum absolute atomic E-state index is 12.4. The lowest BCUT2D eigenvalue weighted by atomic mass is 10.0. The number of allylic oxidation sites excluding steroid dienone is 1. The van der Waals surface area contributed by atoms with E-state index >= 15 is 0 Å². The number of methoxy groups -OCH3 is 1. The molecule has 1 aromatic carbocycles. The maximum Gasteiger partial charge on any atom is 0.225 e. The first kappa shape index (κ1) is 29.3. The molecule has 42 heavy (non-hydrogen) atoms. The summed E-state index contributed by atoms with van der Waals surface area (Å²) in [6.07, 6.45) is 9.62. The van der Waals surface area contributed by atoms with Crippen molar-refractivity contribution in [2.75, 3.05) is 51.8 Å². The Hall–Kier alpha value is -4.18. The average Bonchev–Trinajstić information content (AvgIpc) is 3.78. The molecule has 222 valence electrons. The molecule has 3 heterocycles. The number of carbonyl (C=O) groups is 1. The van der Waals surface area contributed by atoms with Crippen LogP contribution in [0.3, 0.4) is 0 Å². The molecule has 0 radical (unpaired) electrons. The third kappa shape index (κ3) is 6.82. The van der Waals surface area contributed by atoms with Crippen molar-refractivity contribution in [3.8, 4) is 22.6 Å². The number of imidazole rings is 1. The van der Waals surface area contributed by atoms with Gasteiger partial charge in [0.25, 0.3) is 0 Å². The molecule has 1 amide bonds. The largest absolute Gasteiger partial charge is 0.494 e. The zero-order valence-corrected chi connectivity index (χ0v) is 25.0. The predicted molar refractivity (Wildman–Crippen MR) is 167 cm³/mol. The summed E-state index contributed by atoms with van der Waals surface area (Å²) in [6, 6.07) is 5.88. The van der Waals surface area contributed by atoms with E-state index in [0.29, 0.717) is 41.7 Å². The summed E-state index contributed by atoms with van der Waals surface area (Å²) < 4.78 is 11.9. The fraction of sp³-hybridized carbons (Fsp3) is 0.438. The van der Waals surface area contributed by atoms with Gasteiger partial charge in [-0.1, -0.05) is 19.9 Å². The van der Waals surface area contributed by atoms with E-state index in [2.05, 4.69) is 51.8 Å². The number of hydrogen-bond donors (Lipinski definition) is 2. The number of piperazine rings is 1. The molecule has 1 aliphatic carbocycles. The number of H-pyrrole nitrogens is 1. The number of pyridine rings is 1. The van der Waals surface area contributed by atoms with Gasteiger partial charge >= 0.3 is 0 Å². The number of nitrogens with one attached hydrogen (secondary N) is 2. The monoisotopic (exact) mass is 571 g/mol. The molecule has 0 spiro atoms. The Morgan fingerprint density at radius 1 is 1.21 bits per heavy atom. The van der Waals surface area contributed by atoms with Crippen LogP contribution in [0.5, 0.6) is 11.5 Å². The van der Waals surface area contributed by atoms with Crippen LogP contribution in [0.25, 0.3) is 22.2 Å². The van der Waals surface area contributed by atoms with E-state index in [1.54, 1.807) is 19.5 Å². The third-order valence-electron chi connectivity index (χ3n) is 7.59. The maximum atomic E-state index is 12.4. The number of anilines is 1. The first-order valence-electron chi connectivity index (χ1n) is 14.7. The van der Waals surface area contributed by atoms with E-state index < -0.39 is 0 Å². The Balaban J connectivity index is 1.34. The van der Waals surface area contributed by atoms with Gasteiger partial charge in [0.15, 0.2) is 5.75 Å². The number of amides is 1. The highest BCUT2D eigenvalue weighted by atomic mass is 16.5. The molecule has 10 heteroatoms. The summed E-state index contributed by atoms with van der Waals surface area (Å²) in [5.74, 6) is 3.45. The minimum atomic E-state index is 0.277. The Bertz CT molecular complexity index is 1480. The second kappa shape index (κ2) is 13.2. The zero-order chi connectivity index (χ0) is 29.6. The Kier molecular flexibility index (Phi) is 9.22. The van der Waals surface area contributed by atoms with E-state index in [1.807, 2.05) is 36.1 Å². The summed E-state index contributed by atoms with van der Waals surface area (Å²) in [4.78, 5) is 33.4. The fourth-order valence-corrected chi connectivity index (χ4v) is 5.10. The van der Waals surface area contributed by atoms with Gasteiger partial charge in [-0.2, -0.15) is 0 Å². The first-order chi connectivity index (χ1) is 20.4. The standard InChI is InChI=1S/C32H41N7O3/c1-6-22(19-38-13-15-39(16-14-38)31(40)23-7-8-23)17-28(33-4)36-32-35-26-10-9-25(24-11-12-34-18-27(24)41-5)30(29(26)37-32)42-20-21(2)3/h6,9-12,17-18,21,23H,4,7-8,13-16,19-20H2,1-3,5H3,(H2,35,36,37)/b22-6+,28-17+. The lowest BCUT2D eigenvalue weighted by Crippen LogP contribution is -2.49. The number of aromatic nitrogens is 3. The van der Waals surface area contributed by atoms with Crippen molar-refractivity contribution < 1.29 is 14.3 Å². The molecule has 0 atom stereocenters. The normalized spacial score (nSPS) is 16.6. The van der Waals surface area contributed by atoms with Crippen LogP contribution in [0, 0.1) is 11.8 Å². The fourth-order valence-electron chi connectivity index (χ4n) is 5.10. The molecule has 1 saturated heterocycles. The highest BCUT2D eigenvalue weighted by Crippen LogP contribution is 2.40. The van der Waals surface area contributed by atoms with Gasteiger partial charge in [-0.15, -0.1) is 0 Å². The number of aliphatic imine (C=N–C) groups is 1. The molecule has 5 rings (SSSR count). The molecule has 2 N–H and O–H groups in total. The van der Waals surface area contributed by atoms with Crippen molar-refractivity contribution in [3.63, 3.8) is 0 Å². The highest BCUT2D eigenvalue weighted by Gasteiger charge is 2.34. The topological polar surface area (TPSA) is 108 Å². The molecule has 2 aromatic heterocycles. The minimum absolute atomic E-state index is 0.277. The molecule has 2 aliphatic rings. The van der Waals surface area contributed by atoms with Gasteiger partial charge in [0.1, 0.15) is 17.1 Å². The van der Waals surface area contributed by atoms with Crippen LogP contribution in [0.2, 0.25) is 0 Å². The predicted octanol–water partition coefficient (Wildman–Crippen LogP) is 5.12. The van der Waals surface area contributed by atoms with Crippen LogP contribution in [0.15, 0.2) is 59.1 Å². The number of ether oxygens (including phenoxy) is 2. The van der Waals surface area contributed by atoms with Crippen LogP contribution in [0.4, 0.5) is 5.95 Å². The van der Waals surface area contributed by atoms with Gasteiger partial charge in [-0.25, -0.2) is 9.98 Å². The Morgan fingerprint density at radius 3 is 2.67 bits per heavy atom. The SMILES string of the molecule is C=N/C(=C\C(=C/C)CN1CCN(C(=O)C2CC2)CC1)Nc1nc2ccc(-c3ccncc3OC)c(OCC(C)C)c2[nH]1. The number of rotatable bonds is 12. The second-order valence-electron chi connectivity index (χ2n) is 11.3. The zero-order valence-electron chi connectivity index (χ0n) is 25.0. The van der Waals surface area contributed by atoms with Crippen LogP contribution in [0.1, 0.15) is 33.6 Å². The number of nitrogens with zero attached hydrogens (tertiary/aromatic N) is 5. The quantitative estimate of drug-likeness (QED) is 0.229. The van der Waals surface area contributed by atoms with E-state index in [-0.39, 0.29) is 5.92 Å². The van der Waals surface area contributed by atoms with Gasteiger partial charge in [0, 0.05) is 56.0 Å². The van der Waals surface area contributed by atoms with Gasteiger partial charge in [0.05, 0.1) is 25.4 Å².